The Kier molecular flexibility index (Phi) is 4.33. The number of para-hydroxylation sites is 1. The number of hydrogen-bond acceptors (Lipinski definition) is 3. The van der Waals surface area contributed by atoms with Crippen molar-refractivity contribution in [2.45, 2.75) is 13.3 Å². The highest BCUT2D eigenvalue weighted by Gasteiger charge is 1.97. The zero-order chi connectivity index (χ0) is 11.9. The molecule has 2 aromatic rings. The quantitative estimate of drug-likeness (QED) is 0.716. The molecule has 0 radical (unpaired) electrons. The van der Waals surface area contributed by atoms with Gasteiger partial charge in [0.15, 0.2) is 0 Å². The van der Waals surface area contributed by atoms with Gasteiger partial charge in [0.1, 0.15) is 12.4 Å². The molecule has 17 heavy (non-hydrogen) atoms. The van der Waals surface area contributed by atoms with Crippen LogP contribution in [0.4, 0.5) is 0 Å². The predicted octanol–water partition coefficient (Wildman–Crippen LogP) is 3.04. The molecule has 3 heteroatoms. The second-order valence-corrected chi connectivity index (χ2v) is 3.82. The van der Waals surface area contributed by atoms with Crippen LogP contribution in [0.15, 0.2) is 36.5 Å². The molecule has 1 aromatic carbocycles. The van der Waals surface area contributed by atoms with Gasteiger partial charge < -0.3 is 9.47 Å². The first-order valence-corrected chi connectivity index (χ1v) is 5.95. The minimum absolute atomic E-state index is 0.569. The van der Waals surface area contributed by atoms with Gasteiger partial charge in [0, 0.05) is 12.0 Å². The zero-order valence-corrected chi connectivity index (χ0v) is 10.1. The number of benzene rings is 1. The Hall–Kier alpha value is -1.61. The summed E-state index contributed by atoms with van der Waals surface area (Å²) in [7, 11) is 0. The van der Waals surface area contributed by atoms with E-state index >= 15 is 0 Å². The van der Waals surface area contributed by atoms with Crippen molar-refractivity contribution in [2.75, 3.05) is 19.8 Å². The van der Waals surface area contributed by atoms with Gasteiger partial charge in [0.25, 0.3) is 0 Å². The Morgan fingerprint density at radius 2 is 2.00 bits per heavy atom. The van der Waals surface area contributed by atoms with Crippen LogP contribution < -0.4 is 4.74 Å². The minimum atomic E-state index is 0.569. The number of rotatable bonds is 6. The van der Waals surface area contributed by atoms with E-state index in [1.807, 2.05) is 30.3 Å². The summed E-state index contributed by atoms with van der Waals surface area (Å²) in [6.45, 7) is 4.08. The molecule has 2 rings (SSSR count). The molecule has 3 nitrogen and oxygen atoms in total. The van der Waals surface area contributed by atoms with E-state index in [1.54, 1.807) is 6.20 Å². The molecule has 0 aliphatic heterocycles. The summed E-state index contributed by atoms with van der Waals surface area (Å²) in [4.78, 5) is 4.33. The fourth-order valence-electron chi connectivity index (χ4n) is 1.59. The number of ether oxygens (including phenoxy) is 2. The number of fused-ring (bicyclic) bond motifs is 1. The summed E-state index contributed by atoms with van der Waals surface area (Å²) < 4.78 is 10.9. The Morgan fingerprint density at radius 1 is 1.12 bits per heavy atom. The fourth-order valence-corrected chi connectivity index (χ4v) is 1.59. The highest BCUT2D eigenvalue weighted by Crippen LogP contribution is 2.17. The first-order valence-electron chi connectivity index (χ1n) is 5.95. The highest BCUT2D eigenvalue weighted by molar-refractivity contribution is 5.79. The molecule has 0 bridgehead atoms. The maximum Gasteiger partial charge on any atom is 0.138 e. The maximum absolute atomic E-state index is 5.57. The monoisotopic (exact) mass is 231 g/mol. The van der Waals surface area contributed by atoms with Gasteiger partial charge in [-0.05, 0) is 18.6 Å². The SMILES string of the molecule is CCCOCCOc1cnc2ccccc2c1. The molecule has 0 aliphatic rings. The standard InChI is InChI=1S/C14H17NO2/c1-2-7-16-8-9-17-13-10-12-5-3-4-6-14(12)15-11-13/h3-6,10-11H,2,7-9H2,1H3. The second kappa shape index (κ2) is 6.21. The lowest BCUT2D eigenvalue weighted by Gasteiger charge is -2.07. The smallest absolute Gasteiger partial charge is 0.138 e. The topological polar surface area (TPSA) is 31.4 Å². The summed E-state index contributed by atoms with van der Waals surface area (Å²) in [6.07, 6.45) is 2.79. The van der Waals surface area contributed by atoms with Crippen molar-refractivity contribution in [1.29, 1.82) is 0 Å². The van der Waals surface area contributed by atoms with Crippen molar-refractivity contribution in [2.24, 2.45) is 0 Å². The fraction of sp³-hybridized carbons (Fsp3) is 0.357. The maximum atomic E-state index is 5.57. The van der Waals surface area contributed by atoms with Crippen LogP contribution in [0.3, 0.4) is 0 Å². The summed E-state index contributed by atoms with van der Waals surface area (Å²) >= 11 is 0. The molecule has 1 aromatic heterocycles. The van der Waals surface area contributed by atoms with Crippen molar-refractivity contribution in [1.82, 2.24) is 4.98 Å². The van der Waals surface area contributed by atoms with E-state index < -0.39 is 0 Å². The van der Waals surface area contributed by atoms with E-state index in [9.17, 15) is 0 Å². The van der Waals surface area contributed by atoms with Gasteiger partial charge in [-0.25, -0.2) is 0 Å². The van der Waals surface area contributed by atoms with Gasteiger partial charge in [0.05, 0.1) is 18.3 Å². The van der Waals surface area contributed by atoms with Crippen LogP contribution >= 0.6 is 0 Å². The van der Waals surface area contributed by atoms with E-state index in [0.29, 0.717) is 13.2 Å². The number of hydrogen-bond donors (Lipinski definition) is 0. The summed E-state index contributed by atoms with van der Waals surface area (Å²) in [5.41, 5.74) is 0.988. The van der Waals surface area contributed by atoms with Crippen molar-refractivity contribution in [3.8, 4) is 5.75 Å². The van der Waals surface area contributed by atoms with E-state index in [4.69, 9.17) is 9.47 Å². The van der Waals surface area contributed by atoms with Crippen molar-refractivity contribution in [3.05, 3.63) is 36.5 Å². The molecule has 1 heterocycles. The third-order valence-electron chi connectivity index (χ3n) is 2.41. The lowest BCUT2D eigenvalue weighted by atomic mass is 10.2. The third kappa shape index (κ3) is 3.43. The van der Waals surface area contributed by atoms with Crippen LogP contribution in [0.2, 0.25) is 0 Å². The third-order valence-corrected chi connectivity index (χ3v) is 2.41. The molecular formula is C14H17NO2. The molecule has 0 atom stereocenters. The summed E-state index contributed by atoms with van der Waals surface area (Å²) in [5, 5.41) is 1.10. The summed E-state index contributed by atoms with van der Waals surface area (Å²) in [5.74, 6) is 0.795. The molecule has 90 valence electrons. The molecule has 0 fully saturated rings. The van der Waals surface area contributed by atoms with E-state index in [0.717, 1.165) is 29.7 Å². The molecule has 0 unspecified atom stereocenters. The first kappa shape index (κ1) is 11.9. The average molecular weight is 231 g/mol. The molecule has 0 spiro atoms. The average Bonchev–Trinajstić information content (AvgIpc) is 2.38. The Morgan fingerprint density at radius 3 is 2.88 bits per heavy atom. The summed E-state index contributed by atoms with van der Waals surface area (Å²) in [6, 6.07) is 10.0. The highest BCUT2D eigenvalue weighted by atomic mass is 16.5. The van der Waals surface area contributed by atoms with E-state index in [-0.39, 0.29) is 0 Å². The number of pyridine rings is 1. The van der Waals surface area contributed by atoms with Crippen LogP contribution in [-0.2, 0) is 4.74 Å². The Balaban J connectivity index is 1.90. The zero-order valence-electron chi connectivity index (χ0n) is 10.1. The van der Waals surface area contributed by atoms with Gasteiger partial charge in [0.2, 0.25) is 0 Å². The first-order chi connectivity index (χ1) is 8.40. The van der Waals surface area contributed by atoms with Crippen LogP contribution in [0.25, 0.3) is 10.9 Å². The van der Waals surface area contributed by atoms with Crippen LogP contribution in [-0.4, -0.2) is 24.8 Å². The van der Waals surface area contributed by atoms with Crippen LogP contribution in [0, 0.1) is 0 Å². The lowest BCUT2D eigenvalue weighted by molar-refractivity contribution is 0.101. The normalized spacial score (nSPS) is 10.6. The largest absolute Gasteiger partial charge is 0.490 e. The van der Waals surface area contributed by atoms with Gasteiger partial charge in [-0.15, -0.1) is 0 Å². The Bertz CT molecular complexity index is 470. The Labute approximate surface area is 101 Å². The molecular weight excluding hydrogens is 214 g/mol. The molecule has 0 aliphatic carbocycles. The van der Waals surface area contributed by atoms with Crippen molar-refractivity contribution in [3.63, 3.8) is 0 Å². The second-order valence-electron chi connectivity index (χ2n) is 3.82. The number of aromatic nitrogens is 1. The van der Waals surface area contributed by atoms with Gasteiger partial charge in [-0.1, -0.05) is 25.1 Å². The molecule has 0 N–H and O–H groups in total. The van der Waals surface area contributed by atoms with Crippen molar-refractivity contribution >= 4 is 10.9 Å². The number of nitrogens with zero attached hydrogens (tertiary/aromatic N) is 1. The van der Waals surface area contributed by atoms with Crippen LogP contribution in [0.1, 0.15) is 13.3 Å². The van der Waals surface area contributed by atoms with E-state index in [2.05, 4.69) is 11.9 Å². The van der Waals surface area contributed by atoms with Gasteiger partial charge in [-0.2, -0.15) is 0 Å². The van der Waals surface area contributed by atoms with E-state index in [1.165, 1.54) is 0 Å². The minimum Gasteiger partial charge on any atom is -0.490 e. The lowest BCUT2D eigenvalue weighted by Crippen LogP contribution is -2.07. The molecule has 0 amide bonds. The van der Waals surface area contributed by atoms with Gasteiger partial charge >= 0.3 is 0 Å². The molecule has 0 saturated carbocycles. The van der Waals surface area contributed by atoms with Crippen LogP contribution in [0.5, 0.6) is 5.75 Å². The van der Waals surface area contributed by atoms with Crippen molar-refractivity contribution < 1.29 is 9.47 Å². The van der Waals surface area contributed by atoms with Gasteiger partial charge in [-0.3, -0.25) is 4.98 Å². The predicted molar refractivity (Wildman–Crippen MR) is 68.3 cm³/mol. The molecule has 0 saturated heterocycles.